The summed E-state index contributed by atoms with van der Waals surface area (Å²) < 4.78 is 0.859. The number of thioether (sulfide) groups is 1. The first kappa shape index (κ1) is 13.4. The summed E-state index contributed by atoms with van der Waals surface area (Å²) in [6.07, 6.45) is 3.88. The highest BCUT2D eigenvalue weighted by Gasteiger charge is 2.11. The monoisotopic (exact) mass is 263 g/mol. The minimum absolute atomic E-state index is 0.430. The summed E-state index contributed by atoms with van der Waals surface area (Å²) in [5, 5.41) is 0.430. The predicted octanol–water partition coefficient (Wildman–Crippen LogP) is 4.32. The Kier molecular flexibility index (Phi) is 6.73. The first-order valence-corrected chi connectivity index (χ1v) is 7.59. The number of halogens is 1. The van der Waals surface area contributed by atoms with Crippen LogP contribution < -0.4 is 5.73 Å². The molecule has 15 heavy (non-hydrogen) atoms. The van der Waals surface area contributed by atoms with Crippen LogP contribution in [0, 0.1) is 0 Å². The van der Waals surface area contributed by atoms with Crippen LogP contribution in [0.5, 0.6) is 0 Å². The van der Waals surface area contributed by atoms with Crippen molar-refractivity contribution in [2.45, 2.75) is 31.4 Å². The Bertz CT molecular complexity index is 275. The van der Waals surface area contributed by atoms with Gasteiger partial charge in [-0.1, -0.05) is 31.4 Å². The molecule has 1 unspecified atom stereocenters. The van der Waals surface area contributed by atoms with Crippen molar-refractivity contribution in [1.29, 1.82) is 0 Å². The maximum Gasteiger partial charge on any atom is 0.0931 e. The highest BCUT2D eigenvalue weighted by molar-refractivity contribution is 7.99. The van der Waals surface area contributed by atoms with Gasteiger partial charge in [-0.05, 0) is 24.3 Å². The van der Waals surface area contributed by atoms with Crippen molar-refractivity contribution < 1.29 is 0 Å². The van der Waals surface area contributed by atoms with Gasteiger partial charge in [0.05, 0.1) is 9.59 Å². The molecule has 0 bridgehead atoms. The largest absolute Gasteiger partial charge is 0.329 e. The molecule has 1 rings (SSSR count). The lowest BCUT2D eigenvalue weighted by molar-refractivity contribution is 0.776. The van der Waals surface area contributed by atoms with Crippen molar-refractivity contribution >= 4 is 34.7 Å². The van der Waals surface area contributed by atoms with Crippen LogP contribution in [0.4, 0.5) is 0 Å². The van der Waals surface area contributed by atoms with Gasteiger partial charge in [0.1, 0.15) is 0 Å². The smallest absolute Gasteiger partial charge is 0.0931 e. The van der Waals surface area contributed by atoms with Gasteiger partial charge in [-0.25, -0.2) is 0 Å². The van der Waals surface area contributed by atoms with Gasteiger partial charge < -0.3 is 5.73 Å². The Morgan fingerprint density at radius 2 is 2.27 bits per heavy atom. The standard InChI is InChI=1S/C11H18ClNS2/c1-2-3-4-7-14-10(8-13)9-5-6-11(12)15-9/h5-6,10H,2-4,7-8,13H2,1H3. The van der Waals surface area contributed by atoms with Gasteiger partial charge in [0.2, 0.25) is 0 Å². The summed E-state index contributed by atoms with van der Waals surface area (Å²) >= 11 is 9.52. The van der Waals surface area contributed by atoms with E-state index in [4.69, 9.17) is 17.3 Å². The van der Waals surface area contributed by atoms with Crippen LogP contribution in [-0.4, -0.2) is 12.3 Å². The molecule has 1 aromatic heterocycles. The van der Waals surface area contributed by atoms with E-state index >= 15 is 0 Å². The zero-order chi connectivity index (χ0) is 11.1. The molecular weight excluding hydrogens is 246 g/mol. The third-order valence-corrected chi connectivity index (χ3v) is 5.06. The maximum absolute atomic E-state index is 5.91. The molecule has 0 spiro atoms. The van der Waals surface area contributed by atoms with Crippen LogP contribution in [0.1, 0.15) is 36.3 Å². The van der Waals surface area contributed by atoms with E-state index in [0.717, 1.165) is 4.34 Å². The Labute approximate surface area is 105 Å². The van der Waals surface area contributed by atoms with Gasteiger partial charge in [0.15, 0.2) is 0 Å². The van der Waals surface area contributed by atoms with Gasteiger partial charge >= 0.3 is 0 Å². The number of hydrogen-bond donors (Lipinski definition) is 1. The summed E-state index contributed by atoms with van der Waals surface area (Å²) in [6, 6.07) is 4.05. The van der Waals surface area contributed by atoms with Crippen LogP contribution >= 0.6 is 34.7 Å². The highest BCUT2D eigenvalue weighted by Crippen LogP contribution is 2.35. The lowest BCUT2D eigenvalue weighted by Gasteiger charge is -2.11. The van der Waals surface area contributed by atoms with E-state index in [-0.39, 0.29) is 0 Å². The van der Waals surface area contributed by atoms with Crippen molar-refractivity contribution in [2.24, 2.45) is 5.73 Å². The van der Waals surface area contributed by atoms with Crippen molar-refractivity contribution in [3.63, 3.8) is 0 Å². The second-order valence-corrected chi connectivity index (χ2v) is 6.50. The highest BCUT2D eigenvalue weighted by atomic mass is 35.5. The predicted molar refractivity (Wildman–Crippen MR) is 73.1 cm³/mol. The third kappa shape index (κ3) is 4.77. The minimum Gasteiger partial charge on any atom is -0.329 e. The second kappa shape index (κ2) is 7.55. The first-order valence-electron chi connectivity index (χ1n) is 5.34. The lowest BCUT2D eigenvalue weighted by atomic mass is 10.3. The molecule has 2 N–H and O–H groups in total. The molecule has 4 heteroatoms. The summed E-state index contributed by atoms with van der Waals surface area (Å²) in [4.78, 5) is 1.31. The molecule has 86 valence electrons. The number of thiophene rings is 1. The molecule has 0 saturated heterocycles. The van der Waals surface area contributed by atoms with Crippen LogP contribution in [0.25, 0.3) is 0 Å². The molecule has 1 nitrogen and oxygen atoms in total. The Balaban J connectivity index is 2.35. The fraction of sp³-hybridized carbons (Fsp3) is 0.636. The molecule has 0 fully saturated rings. The van der Waals surface area contributed by atoms with Crippen molar-refractivity contribution in [3.8, 4) is 0 Å². The molecule has 0 aliphatic carbocycles. The van der Waals surface area contributed by atoms with Crippen LogP contribution in [0.3, 0.4) is 0 Å². The molecule has 0 aliphatic heterocycles. The van der Waals surface area contributed by atoms with E-state index < -0.39 is 0 Å². The van der Waals surface area contributed by atoms with Gasteiger partial charge in [0, 0.05) is 11.4 Å². The number of hydrogen-bond acceptors (Lipinski definition) is 3. The van der Waals surface area contributed by atoms with E-state index in [1.807, 2.05) is 17.8 Å². The summed E-state index contributed by atoms with van der Waals surface area (Å²) in [7, 11) is 0. The van der Waals surface area contributed by atoms with Crippen LogP contribution in [0.15, 0.2) is 12.1 Å². The maximum atomic E-state index is 5.91. The van der Waals surface area contributed by atoms with E-state index in [9.17, 15) is 0 Å². The zero-order valence-electron chi connectivity index (χ0n) is 9.04. The summed E-state index contributed by atoms with van der Waals surface area (Å²) in [5.74, 6) is 1.20. The van der Waals surface area contributed by atoms with Gasteiger partial charge in [0.25, 0.3) is 0 Å². The number of nitrogens with two attached hydrogens (primary N) is 1. The summed E-state index contributed by atoms with van der Waals surface area (Å²) in [5.41, 5.74) is 5.77. The average Bonchev–Trinajstić information content (AvgIpc) is 2.65. The molecular formula is C11H18ClNS2. The molecule has 0 saturated carbocycles. The topological polar surface area (TPSA) is 26.0 Å². The molecule has 0 amide bonds. The fourth-order valence-corrected chi connectivity index (χ4v) is 3.78. The normalized spacial score (nSPS) is 13.0. The van der Waals surface area contributed by atoms with E-state index in [1.165, 1.54) is 29.9 Å². The Hall–Kier alpha value is 0.300. The Morgan fingerprint density at radius 1 is 1.47 bits per heavy atom. The SMILES string of the molecule is CCCCCSC(CN)c1ccc(Cl)s1. The zero-order valence-corrected chi connectivity index (χ0v) is 11.4. The number of rotatable bonds is 7. The fourth-order valence-electron chi connectivity index (χ4n) is 1.35. The molecule has 0 radical (unpaired) electrons. The van der Waals surface area contributed by atoms with Crippen molar-refractivity contribution in [1.82, 2.24) is 0 Å². The minimum atomic E-state index is 0.430. The number of unbranched alkanes of at least 4 members (excludes halogenated alkanes) is 2. The van der Waals surface area contributed by atoms with E-state index in [0.29, 0.717) is 11.8 Å². The quantitative estimate of drug-likeness (QED) is 0.742. The summed E-state index contributed by atoms with van der Waals surface area (Å²) in [6.45, 7) is 2.93. The molecule has 1 atom stereocenters. The second-order valence-electron chi connectivity index (χ2n) is 3.44. The lowest BCUT2D eigenvalue weighted by Crippen LogP contribution is -2.08. The molecule has 1 heterocycles. The van der Waals surface area contributed by atoms with Crippen LogP contribution in [0.2, 0.25) is 4.34 Å². The van der Waals surface area contributed by atoms with Crippen molar-refractivity contribution in [2.75, 3.05) is 12.3 Å². The molecule has 1 aromatic rings. The van der Waals surface area contributed by atoms with Gasteiger partial charge in [-0.15, -0.1) is 11.3 Å². The third-order valence-electron chi connectivity index (χ3n) is 2.19. The first-order chi connectivity index (χ1) is 7.27. The van der Waals surface area contributed by atoms with Gasteiger partial charge in [-0.2, -0.15) is 11.8 Å². The average molecular weight is 264 g/mol. The van der Waals surface area contributed by atoms with Crippen LogP contribution in [-0.2, 0) is 0 Å². The van der Waals surface area contributed by atoms with E-state index in [2.05, 4.69) is 13.0 Å². The Morgan fingerprint density at radius 3 is 2.80 bits per heavy atom. The molecule has 0 aliphatic rings. The van der Waals surface area contributed by atoms with Gasteiger partial charge in [-0.3, -0.25) is 0 Å². The van der Waals surface area contributed by atoms with E-state index in [1.54, 1.807) is 11.3 Å². The van der Waals surface area contributed by atoms with Crippen molar-refractivity contribution in [3.05, 3.63) is 21.3 Å². The molecule has 0 aromatic carbocycles.